The van der Waals surface area contributed by atoms with E-state index in [0.29, 0.717) is 17.5 Å². The largest absolute Gasteiger partial charge is 0.456 e. The minimum atomic E-state index is 0.416. The molecule has 0 amide bonds. The Kier molecular flexibility index (Phi) is 2.73. The van der Waals surface area contributed by atoms with Crippen LogP contribution < -0.4 is 4.90 Å². The van der Waals surface area contributed by atoms with Gasteiger partial charge in [0.15, 0.2) is 0 Å². The van der Waals surface area contributed by atoms with Gasteiger partial charge in [-0.2, -0.15) is 0 Å². The van der Waals surface area contributed by atoms with Crippen LogP contribution in [0.1, 0.15) is 39.2 Å². The number of benzene rings is 2. The van der Waals surface area contributed by atoms with Gasteiger partial charge in [-0.3, -0.25) is 0 Å². The molecular formula is C22H25NO. The molecule has 2 unspecified atom stereocenters. The minimum absolute atomic E-state index is 0.416. The number of fused-ring (bicyclic) bond motifs is 5. The van der Waals surface area contributed by atoms with Crippen LogP contribution in [0.3, 0.4) is 0 Å². The highest BCUT2D eigenvalue weighted by Crippen LogP contribution is 2.56. The van der Waals surface area contributed by atoms with Crippen molar-refractivity contribution in [2.75, 3.05) is 4.90 Å². The maximum absolute atomic E-state index is 6.06. The normalized spacial score (nSPS) is 28.3. The van der Waals surface area contributed by atoms with Gasteiger partial charge < -0.3 is 9.32 Å². The lowest BCUT2D eigenvalue weighted by Crippen LogP contribution is -2.40. The van der Waals surface area contributed by atoms with Gasteiger partial charge in [-0.15, -0.1) is 0 Å². The van der Waals surface area contributed by atoms with Crippen molar-refractivity contribution >= 4 is 27.6 Å². The molecule has 1 saturated heterocycles. The van der Waals surface area contributed by atoms with Crippen molar-refractivity contribution in [2.45, 2.75) is 52.6 Å². The monoisotopic (exact) mass is 319 g/mol. The molecule has 5 rings (SSSR count). The van der Waals surface area contributed by atoms with Crippen molar-refractivity contribution < 1.29 is 4.42 Å². The summed E-state index contributed by atoms with van der Waals surface area (Å²) in [4.78, 5) is 2.71. The fourth-order valence-corrected chi connectivity index (χ4v) is 5.69. The fourth-order valence-electron chi connectivity index (χ4n) is 5.69. The second-order valence-electron chi connectivity index (χ2n) is 8.40. The van der Waals surface area contributed by atoms with Crippen LogP contribution >= 0.6 is 0 Å². The van der Waals surface area contributed by atoms with Gasteiger partial charge in [0.2, 0.25) is 0 Å². The van der Waals surface area contributed by atoms with Gasteiger partial charge in [0.05, 0.1) is 0 Å². The predicted molar refractivity (Wildman–Crippen MR) is 101 cm³/mol. The van der Waals surface area contributed by atoms with Crippen molar-refractivity contribution in [1.82, 2.24) is 0 Å². The molecule has 3 aromatic rings. The average Bonchev–Trinajstić information content (AvgIpc) is 3.11. The molecule has 2 aliphatic rings. The van der Waals surface area contributed by atoms with Gasteiger partial charge in [0.1, 0.15) is 11.2 Å². The molecule has 2 nitrogen and oxygen atoms in total. The van der Waals surface area contributed by atoms with Crippen molar-refractivity contribution in [2.24, 2.45) is 11.3 Å². The van der Waals surface area contributed by atoms with Gasteiger partial charge in [0, 0.05) is 28.5 Å². The van der Waals surface area contributed by atoms with Crippen LogP contribution in [0.15, 0.2) is 40.8 Å². The first-order chi connectivity index (χ1) is 11.5. The highest BCUT2D eigenvalue weighted by atomic mass is 16.3. The number of piperidine rings is 1. The molecule has 1 aliphatic heterocycles. The summed E-state index contributed by atoms with van der Waals surface area (Å²) in [7, 11) is 0. The highest BCUT2D eigenvalue weighted by molar-refractivity contribution is 6.06. The standard InChI is InChI=1S/C22H25NO/c1-13-11-20-16(15-7-5-6-8-19(15)24-20)12-18(13)23-14(2)17-9-10-21(23)22(17,3)4/h5-8,11-12,14,17,21H,9-10H2,1-4H3/t14-,17?,21?/m0/s1. The van der Waals surface area contributed by atoms with Crippen molar-refractivity contribution in [1.29, 1.82) is 0 Å². The number of aryl methyl sites for hydroxylation is 1. The summed E-state index contributed by atoms with van der Waals surface area (Å²) in [6.45, 7) is 9.58. The summed E-state index contributed by atoms with van der Waals surface area (Å²) in [6.07, 6.45) is 2.71. The van der Waals surface area contributed by atoms with Crippen LogP contribution in [0, 0.1) is 18.3 Å². The summed E-state index contributed by atoms with van der Waals surface area (Å²) < 4.78 is 6.06. The molecular weight excluding hydrogens is 294 g/mol. The Balaban J connectivity index is 1.72. The summed E-state index contributed by atoms with van der Waals surface area (Å²) in [5.41, 5.74) is 5.15. The smallest absolute Gasteiger partial charge is 0.135 e. The molecule has 3 atom stereocenters. The van der Waals surface area contributed by atoms with Gasteiger partial charge in [-0.05, 0) is 61.8 Å². The molecule has 2 fully saturated rings. The molecule has 1 aliphatic carbocycles. The molecule has 0 spiro atoms. The first-order valence-electron chi connectivity index (χ1n) is 9.18. The Morgan fingerprint density at radius 3 is 2.58 bits per heavy atom. The molecule has 1 aromatic heterocycles. The van der Waals surface area contributed by atoms with E-state index in [1.165, 1.54) is 34.9 Å². The van der Waals surface area contributed by atoms with E-state index >= 15 is 0 Å². The number of hydrogen-bond donors (Lipinski definition) is 0. The van der Waals surface area contributed by atoms with Crippen LogP contribution in [-0.2, 0) is 0 Å². The van der Waals surface area contributed by atoms with Gasteiger partial charge in [0.25, 0.3) is 0 Å². The quantitative estimate of drug-likeness (QED) is 0.554. The average molecular weight is 319 g/mol. The van der Waals surface area contributed by atoms with Gasteiger partial charge >= 0.3 is 0 Å². The minimum Gasteiger partial charge on any atom is -0.456 e. The number of furan rings is 1. The molecule has 124 valence electrons. The number of rotatable bonds is 1. The van der Waals surface area contributed by atoms with E-state index in [9.17, 15) is 0 Å². The number of para-hydroxylation sites is 1. The van der Waals surface area contributed by atoms with Gasteiger partial charge in [-0.25, -0.2) is 0 Å². The summed E-state index contributed by atoms with van der Waals surface area (Å²) in [5, 5.41) is 2.48. The molecule has 2 heteroatoms. The number of hydrogen-bond acceptors (Lipinski definition) is 2. The van der Waals surface area contributed by atoms with E-state index in [2.05, 4.69) is 62.9 Å². The van der Waals surface area contributed by atoms with E-state index < -0.39 is 0 Å². The second-order valence-corrected chi connectivity index (χ2v) is 8.40. The summed E-state index contributed by atoms with van der Waals surface area (Å²) >= 11 is 0. The Morgan fingerprint density at radius 2 is 1.83 bits per heavy atom. The van der Waals surface area contributed by atoms with Crippen molar-refractivity contribution in [3.63, 3.8) is 0 Å². The van der Waals surface area contributed by atoms with Gasteiger partial charge in [-0.1, -0.05) is 32.0 Å². The Bertz CT molecular complexity index is 951. The van der Waals surface area contributed by atoms with E-state index in [-0.39, 0.29) is 0 Å². The molecule has 2 heterocycles. The molecule has 0 radical (unpaired) electrons. The number of anilines is 1. The Morgan fingerprint density at radius 1 is 1.04 bits per heavy atom. The molecule has 1 saturated carbocycles. The SMILES string of the molecule is Cc1cc2oc3ccccc3c2cc1N1C2CCC([C@@H]1C)C2(C)C. The maximum Gasteiger partial charge on any atom is 0.135 e. The summed E-state index contributed by atoms with van der Waals surface area (Å²) in [6, 6.07) is 14.3. The maximum atomic E-state index is 6.06. The Hall–Kier alpha value is -1.96. The van der Waals surface area contributed by atoms with E-state index in [0.717, 1.165) is 17.1 Å². The lowest BCUT2D eigenvalue weighted by molar-refractivity contribution is 0.286. The van der Waals surface area contributed by atoms with E-state index in [1.54, 1.807) is 0 Å². The second kappa shape index (κ2) is 4.56. The van der Waals surface area contributed by atoms with Crippen LogP contribution in [0.5, 0.6) is 0 Å². The van der Waals surface area contributed by atoms with Crippen LogP contribution in [0.2, 0.25) is 0 Å². The van der Waals surface area contributed by atoms with E-state index in [1.807, 2.05) is 6.07 Å². The van der Waals surface area contributed by atoms with Crippen LogP contribution in [-0.4, -0.2) is 12.1 Å². The van der Waals surface area contributed by atoms with Crippen LogP contribution in [0.25, 0.3) is 21.9 Å². The third-order valence-corrected chi connectivity index (χ3v) is 6.90. The third kappa shape index (κ3) is 1.67. The summed E-state index contributed by atoms with van der Waals surface area (Å²) in [5.74, 6) is 0.804. The third-order valence-electron chi connectivity index (χ3n) is 6.90. The van der Waals surface area contributed by atoms with Crippen LogP contribution in [0.4, 0.5) is 5.69 Å². The Labute approximate surface area is 143 Å². The zero-order valence-electron chi connectivity index (χ0n) is 15.0. The predicted octanol–water partition coefficient (Wildman–Crippen LogP) is 5.91. The number of nitrogens with zero attached hydrogens (tertiary/aromatic N) is 1. The molecule has 2 bridgehead atoms. The molecule has 0 N–H and O–H groups in total. The molecule has 24 heavy (non-hydrogen) atoms. The van der Waals surface area contributed by atoms with Crippen molar-refractivity contribution in [3.05, 3.63) is 42.0 Å². The van der Waals surface area contributed by atoms with Crippen molar-refractivity contribution in [3.8, 4) is 0 Å². The zero-order chi connectivity index (χ0) is 16.6. The first-order valence-corrected chi connectivity index (χ1v) is 9.18. The lowest BCUT2D eigenvalue weighted by atomic mass is 9.80. The highest BCUT2D eigenvalue weighted by Gasteiger charge is 2.56. The first kappa shape index (κ1) is 14.4. The fraction of sp³-hybridized carbons (Fsp3) is 0.455. The van der Waals surface area contributed by atoms with E-state index in [4.69, 9.17) is 4.42 Å². The topological polar surface area (TPSA) is 16.4 Å². The molecule has 2 aromatic carbocycles. The zero-order valence-corrected chi connectivity index (χ0v) is 15.0. The lowest BCUT2D eigenvalue weighted by Gasteiger charge is -2.36.